The third kappa shape index (κ3) is 6.09. The van der Waals surface area contributed by atoms with Crippen LogP contribution < -0.4 is 4.90 Å². The summed E-state index contributed by atoms with van der Waals surface area (Å²) >= 11 is 0. The minimum absolute atomic E-state index is 0.304. The molecule has 0 radical (unpaired) electrons. The smallest absolute Gasteiger partial charge is 0.123 e. The molecule has 0 saturated carbocycles. The fourth-order valence-corrected chi connectivity index (χ4v) is 4.09. The van der Waals surface area contributed by atoms with Crippen LogP contribution in [0.4, 0.5) is 20.2 Å². The van der Waals surface area contributed by atoms with E-state index in [1.165, 1.54) is 24.3 Å². The first-order chi connectivity index (χ1) is 18.2. The molecule has 0 spiro atoms. The molecule has 0 heterocycles. The van der Waals surface area contributed by atoms with Crippen molar-refractivity contribution in [3.63, 3.8) is 0 Å². The van der Waals surface area contributed by atoms with E-state index in [1.54, 1.807) is 24.3 Å². The first-order valence-electron chi connectivity index (χ1n) is 12.1. The summed E-state index contributed by atoms with van der Waals surface area (Å²) in [5.74, 6) is -0.609. The summed E-state index contributed by atoms with van der Waals surface area (Å²) in [6.45, 7) is 0. The molecule has 5 rings (SSSR count). The zero-order valence-corrected chi connectivity index (χ0v) is 20.1. The zero-order valence-electron chi connectivity index (χ0n) is 20.1. The molecule has 0 fully saturated rings. The summed E-state index contributed by atoms with van der Waals surface area (Å²) in [5, 5.41) is 0. The van der Waals surface area contributed by atoms with E-state index < -0.39 is 0 Å². The normalized spacial score (nSPS) is 10.9. The molecule has 0 aliphatic rings. The lowest BCUT2D eigenvalue weighted by atomic mass is 9.98. The molecule has 0 saturated heterocycles. The standard InChI is InChI=1S/C34H25F2N/c35-30-19-15-28(16-20-30)34(29-17-21-31(36)22-18-29)25-37(32-9-5-2-6-10-32)33-23-13-27(14-24-33)12-11-26-7-3-1-4-8-26/h1-25H. The summed E-state index contributed by atoms with van der Waals surface area (Å²) in [6, 6.07) is 41.2. The summed E-state index contributed by atoms with van der Waals surface area (Å²) in [7, 11) is 0. The van der Waals surface area contributed by atoms with Crippen LogP contribution in [0.3, 0.4) is 0 Å². The van der Waals surface area contributed by atoms with Crippen molar-refractivity contribution in [2.24, 2.45) is 0 Å². The van der Waals surface area contributed by atoms with Gasteiger partial charge in [0.05, 0.1) is 0 Å². The molecule has 0 aromatic heterocycles. The van der Waals surface area contributed by atoms with E-state index in [9.17, 15) is 8.78 Å². The molecular formula is C34H25F2N. The predicted octanol–water partition coefficient (Wildman–Crippen LogP) is 9.36. The average molecular weight is 486 g/mol. The molecule has 5 aromatic carbocycles. The Balaban J connectivity index is 1.57. The second kappa shape index (κ2) is 11.3. The zero-order chi connectivity index (χ0) is 25.5. The Hall–Kier alpha value is -4.76. The lowest BCUT2D eigenvalue weighted by Crippen LogP contribution is -2.10. The van der Waals surface area contributed by atoms with E-state index in [4.69, 9.17) is 0 Å². The van der Waals surface area contributed by atoms with Crippen LogP contribution in [0.25, 0.3) is 17.7 Å². The molecule has 0 unspecified atom stereocenters. The predicted molar refractivity (Wildman–Crippen MR) is 150 cm³/mol. The monoisotopic (exact) mass is 485 g/mol. The van der Waals surface area contributed by atoms with Gasteiger partial charge in [-0.05, 0) is 70.8 Å². The summed E-state index contributed by atoms with van der Waals surface area (Å²) < 4.78 is 27.4. The quantitative estimate of drug-likeness (QED) is 0.208. The average Bonchev–Trinajstić information content (AvgIpc) is 2.95. The van der Waals surface area contributed by atoms with Crippen LogP contribution in [-0.2, 0) is 0 Å². The van der Waals surface area contributed by atoms with Gasteiger partial charge in [0, 0.05) is 23.1 Å². The van der Waals surface area contributed by atoms with Crippen molar-refractivity contribution < 1.29 is 8.78 Å². The number of hydrogen-bond donors (Lipinski definition) is 0. The van der Waals surface area contributed by atoms with Crippen molar-refractivity contribution in [1.29, 1.82) is 0 Å². The summed E-state index contributed by atoms with van der Waals surface area (Å²) in [5.41, 5.74) is 6.66. The van der Waals surface area contributed by atoms with Gasteiger partial charge in [0.25, 0.3) is 0 Å². The molecule has 180 valence electrons. The van der Waals surface area contributed by atoms with Crippen molar-refractivity contribution in [2.75, 3.05) is 4.90 Å². The summed E-state index contributed by atoms with van der Waals surface area (Å²) in [4.78, 5) is 2.09. The molecule has 5 aromatic rings. The summed E-state index contributed by atoms with van der Waals surface area (Å²) in [6.07, 6.45) is 6.19. The molecule has 3 heteroatoms. The number of para-hydroxylation sites is 1. The van der Waals surface area contributed by atoms with Crippen molar-refractivity contribution in [3.05, 3.63) is 174 Å². The molecule has 1 nitrogen and oxygen atoms in total. The van der Waals surface area contributed by atoms with E-state index in [2.05, 4.69) is 53.5 Å². The molecule has 37 heavy (non-hydrogen) atoms. The fraction of sp³-hybridized carbons (Fsp3) is 0. The molecule has 0 aliphatic carbocycles. The SMILES string of the molecule is Fc1ccc(C(=CN(c2ccccc2)c2ccc(C=Cc3ccccc3)cc2)c2ccc(F)cc2)cc1. The van der Waals surface area contributed by atoms with Gasteiger partial charge in [0.15, 0.2) is 0 Å². The number of halogens is 2. The van der Waals surface area contributed by atoms with E-state index in [0.29, 0.717) is 0 Å². The van der Waals surface area contributed by atoms with E-state index >= 15 is 0 Å². The lowest BCUT2D eigenvalue weighted by Gasteiger charge is -2.23. The van der Waals surface area contributed by atoms with Crippen molar-refractivity contribution >= 4 is 29.1 Å². The Kier molecular flexibility index (Phi) is 7.33. The number of rotatable bonds is 7. The van der Waals surface area contributed by atoms with E-state index in [-0.39, 0.29) is 11.6 Å². The van der Waals surface area contributed by atoms with Crippen LogP contribution in [-0.4, -0.2) is 0 Å². The van der Waals surface area contributed by atoms with Gasteiger partial charge in [0.1, 0.15) is 11.6 Å². The maximum atomic E-state index is 13.7. The van der Waals surface area contributed by atoms with Gasteiger partial charge in [-0.2, -0.15) is 0 Å². The van der Waals surface area contributed by atoms with Crippen molar-refractivity contribution in [2.45, 2.75) is 0 Å². The first-order valence-corrected chi connectivity index (χ1v) is 12.1. The van der Waals surface area contributed by atoms with Crippen molar-refractivity contribution in [1.82, 2.24) is 0 Å². The largest absolute Gasteiger partial charge is 0.317 e. The highest BCUT2D eigenvalue weighted by molar-refractivity contribution is 5.84. The maximum absolute atomic E-state index is 13.7. The van der Waals surface area contributed by atoms with Gasteiger partial charge in [-0.15, -0.1) is 0 Å². The molecule has 0 bridgehead atoms. The number of nitrogens with zero attached hydrogens (tertiary/aromatic N) is 1. The second-order valence-electron chi connectivity index (χ2n) is 8.60. The number of benzene rings is 5. The molecule has 0 aliphatic heterocycles. The molecular weight excluding hydrogens is 460 g/mol. The van der Waals surface area contributed by atoms with Crippen LogP contribution in [0.5, 0.6) is 0 Å². The highest BCUT2D eigenvalue weighted by Crippen LogP contribution is 2.32. The second-order valence-corrected chi connectivity index (χ2v) is 8.60. The number of anilines is 2. The third-order valence-corrected chi connectivity index (χ3v) is 6.04. The van der Waals surface area contributed by atoms with Gasteiger partial charge in [0.2, 0.25) is 0 Å². The van der Waals surface area contributed by atoms with Gasteiger partial charge >= 0.3 is 0 Å². The van der Waals surface area contributed by atoms with Gasteiger partial charge < -0.3 is 4.90 Å². The Morgan fingerprint density at radius 1 is 0.459 bits per heavy atom. The van der Waals surface area contributed by atoms with Crippen LogP contribution >= 0.6 is 0 Å². The minimum Gasteiger partial charge on any atom is -0.317 e. The topological polar surface area (TPSA) is 3.24 Å². The molecule has 0 N–H and O–H groups in total. The van der Waals surface area contributed by atoms with Crippen LogP contribution in [0.2, 0.25) is 0 Å². The minimum atomic E-state index is -0.304. The van der Waals surface area contributed by atoms with E-state index in [0.717, 1.165) is 39.2 Å². The van der Waals surface area contributed by atoms with E-state index in [1.807, 2.05) is 54.7 Å². The van der Waals surface area contributed by atoms with Crippen LogP contribution in [0, 0.1) is 11.6 Å². The maximum Gasteiger partial charge on any atom is 0.123 e. The highest BCUT2D eigenvalue weighted by atomic mass is 19.1. The third-order valence-electron chi connectivity index (χ3n) is 6.04. The van der Waals surface area contributed by atoms with Crippen molar-refractivity contribution in [3.8, 4) is 0 Å². The molecule has 0 atom stereocenters. The van der Waals surface area contributed by atoms with Gasteiger partial charge in [-0.1, -0.05) is 97.1 Å². The fourth-order valence-electron chi connectivity index (χ4n) is 4.09. The van der Waals surface area contributed by atoms with Crippen LogP contribution in [0.1, 0.15) is 22.3 Å². The number of hydrogen-bond acceptors (Lipinski definition) is 1. The Morgan fingerprint density at radius 2 is 0.892 bits per heavy atom. The van der Waals surface area contributed by atoms with Crippen LogP contribution in [0.15, 0.2) is 140 Å². The highest BCUT2D eigenvalue weighted by Gasteiger charge is 2.12. The first kappa shape index (κ1) is 24.0. The Labute approximate surface area is 216 Å². The van der Waals surface area contributed by atoms with Gasteiger partial charge in [-0.25, -0.2) is 8.78 Å². The Morgan fingerprint density at radius 3 is 1.41 bits per heavy atom. The Bertz CT molecular complexity index is 1440. The molecule has 0 amide bonds. The lowest BCUT2D eigenvalue weighted by molar-refractivity contribution is 0.627. The van der Waals surface area contributed by atoms with Gasteiger partial charge in [-0.3, -0.25) is 0 Å².